The first-order valence-corrected chi connectivity index (χ1v) is 13.7. The molecule has 0 amide bonds. The summed E-state index contributed by atoms with van der Waals surface area (Å²) in [6.45, 7) is 8.93. The van der Waals surface area contributed by atoms with Crippen molar-refractivity contribution in [2.45, 2.75) is 58.3 Å². The third kappa shape index (κ3) is 6.28. The van der Waals surface area contributed by atoms with Gasteiger partial charge in [-0.2, -0.15) is 4.98 Å². The van der Waals surface area contributed by atoms with Gasteiger partial charge in [-0.25, -0.2) is 9.48 Å². The van der Waals surface area contributed by atoms with Gasteiger partial charge >= 0.3 is 5.97 Å². The minimum atomic E-state index is -0.522. The lowest BCUT2D eigenvalue weighted by Crippen LogP contribution is -2.29. The average Bonchev–Trinajstić information content (AvgIpc) is 3.30. The summed E-state index contributed by atoms with van der Waals surface area (Å²) in [5.41, 5.74) is 3.08. The van der Waals surface area contributed by atoms with Gasteiger partial charge in [0.1, 0.15) is 12.6 Å². The van der Waals surface area contributed by atoms with Crippen LogP contribution in [0.5, 0.6) is 11.5 Å². The zero-order valence-corrected chi connectivity index (χ0v) is 22.6. The molecule has 1 aliphatic rings. The predicted molar refractivity (Wildman–Crippen MR) is 145 cm³/mol. The van der Waals surface area contributed by atoms with Crippen LogP contribution in [0.4, 0.5) is 5.95 Å². The molecule has 1 N–H and O–H groups in total. The topological polar surface area (TPSA) is 87.5 Å². The summed E-state index contributed by atoms with van der Waals surface area (Å²) in [5, 5.41) is 8.69. The lowest BCUT2D eigenvalue weighted by atomic mass is 9.95. The molecule has 0 radical (unpaired) electrons. The van der Waals surface area contributed by atoms with Gasteiger partial charge in [0.25, 0.3) is 0 Å². The van der Waals surface area contributed by atoms with E-state index < -0.39 is 6.04 Å². The number of fused-ring (bicyclic) bond motifs is 1. The first kappa shape index (κ1) is 26.6. The quantitative estimate of drug-likeness (QED) is 0.176. The summed E-state index contributed by atoms with van der Waals surface area (Å²) in [6.07, 6.45) is 2.19. The fourth-order valence-corrected chi connectivity index (χ4v) is 5.01. The molecule has 1 unspecified atom stereocenters. The molecule has 8 nitrogen and oxygen atoms in total. The Morgan fingerprint density at radius 3 is 2.59 bits per heavy atom. The van der Waals surface area contributed by atoms with E-state index in [0.29, 0.717) is 47.1 Å². The highest BCUT2D eigenvalue weighted by Crippen LogP contribution is 2.40. The van der Waals surface area contributed by atoms with Crippen LogP contribution in [0, 0.1) is 0 Å². The highest BCUT2D eigenvalue weighted by molar-refractivity contribution is 7.99. The maximum absolute atomic E-state index is 13.1. The van der Waals surface area contributed by atoms with E-state index in [1.807, 2.05) is 62.4 Å². The normalized spacial score (nSPS) is 14.6. The van der Waals surface area contributed by atoms with Crippen LogP contribution in [0.25, 0.3) is 0 Å². The molecule has 0 saturated carbocycles. The van der Waals surface area contributed by atoms with Crippen LogP contribution < -0.4 is 14.8 Å². The number of allylic oxidation sites excluding steroid dienone is 1. The zero-order chi connectivity index (χ0) is 26.2. The Hall–Kier alpha value is -3.46. The molecule has 0 saturated heterocycles. The predicted octanol–water partition coefficient (Wildman–Crippen LogP) is 6.00. The largest absolute Gasteiger partial charge is 0.490 e. The number of hydrogen-bond donors (Lipinski definition) is 1. The second-order valence-corrected chi connectivity index (χ2v) is 9.63. The standard InChI is InChI=1S/C28H34N4O4S/c1-5-8-16-37-28-30-27-29-19(4)24(26(33)35-7-3)25(32(27)31-28)21-14-15-22(23(17-21)34-6-2)36-18-20-12-10-9-11-13-20/h9-15,17,25H,5-8,16,18H2,1-4H3,(H,29,30,31). The molecule has 37 heavy (non-hydrogen) atoms. The monoisotopic (exact) mass is 522 g/mol. The SMILES string of the molecule is CCCCSc1nc2n(n1)C(c1ccc(OCc3ccccc3)c(OCC)c1)C(C(=O)OCC)=C(C)N2. The van der Waals surface area contributed by atoms with Gasteiger partial charge in [0, 0.05) is 11.4 Å². The van der Waals surface area contributed by atoms with E-state index >= 15 is 0 Å². The van der Waals surface area contributed by atoms with E-state index in [9.17, 15) is 4.79 Å². The molecule has 2 aromatic carbocycles. The van der Waals surface area contributed by atoms with E-state index in [0.717, 1.165) is 29.7 Å². The fourth-order valence-electron chi connectivity index (χ4n) is 4.10. The summed E-state index contributed by atoms with van der Waals surface area (Å²) in [5.74, 6) is 2.38. The first-order valence-electron chi connectivity index (χ1n) is 12.7. The van der Waals surface area contributed by atoms with Crippen LogP contribution in [0.2, 0.25) is 0 Å². The van der Waals surface area contributed by atoms with E-state index in [2.05, 4.69) is 17.2 Å². The van der Waals surface area contributed by atoms with Gasteiger partial charge in [0.05, 0.1) is 18.8 Å². The number of hydrogen-bond acceptors (Lipinski definition) is 8. The molecular formula is C28H34N4O4S. The highest BCUT2D eigenvalue weighted by Gasteiger charge is 2.35. The van der Waals surface area contributed by atoms with Gasteiger partial charge in [-0.3, -0.25) is 0 Å². The maximum atomic E-state index is 13.1. The Balaban J connectivity index is 1.71. The molecule has 2 heterocycles. The maximum Gasteiger partial charge on any atom is 0.338 e. The average molecular weight is 523 g/mol. The Bertz CT molecular complexity index is 1240. The van der Waals surface area contributed by atoms with Gasteiger partial charge < -0.3 is 19.5 Å². The van der Waals surface area contributed by atoms with Crippen LogP contribution in [0.3, 0.4) is 0 Å². The van der Waals surface area contributed by atoms with Crippen molar-refractivity contribution < 1.29 is 19.0 Å². The Labute approximate surface area is 222 Å². The third-order valence-electron chi connectivity index (χ3n) is 5.88. The fraction of sp³-hybridized carbons (Fsp3) is 0.393. The van der Waals surface area contributed by atoms with Gasteiger partial charge in [0.15, 0.2) is 11.5 Å². The van der Waals surface area contributed by atoms with E-state index in [1.54, 1.807) is 23.4 Å². The van der Waals surface area contributed by atoms with Crippen molar-refractivity contribution in [3.05, 3.63) is 70.9 Å². The molecule has 0 aliphatic carbocycles. The van der Waals surface area contributed by atoms with E-state index in [1.165, 1.54) is 0 Å². The Kier molecular flexibility index (Phi) is 9.11. The first-order chi connectivity index (χ1) is 18.0. The number of aromatic nitrogens is 3. The number of unbranched alkanes of at least 4 members (excludes halogenated alkanes) is 1. The van der Waals surface area contributed by atoms with Gasteiger partial charge in [0.2, 0.25) is 11.1 Å². The van der Waals surface area contributed by atoms with Crippen molar-refractivity contribution in [1.82, 2.24) is 14.8 Å². The molecule has 1 atom stereocenters. The van der Waals surface area contributed by atoms with Crippen LogP contribution >= 0.6 is 11.8 Å². The number of nitrogens with one attached hydrogen (secondary N) is 1. The number of carbonyl (C=O) groups excluding carboxylic acids is 1. The molecule has 0 bridgehead atoms. The molecule has 0 spiro atoms. The molecule has 1 aromatic heterocycles. The van der Waals surface area contributed by atoms with E-state index in [-0.39, 0.29) is 12.6 Å². The van der Waals surface area contributed by atoms with Crippen molar-refractivity contribution in [2.24, 2.45) is 0 Å². The van der Waals surface area contributed by atoms with Gasteiger partial charge in [-0.05, 0) is 50.5 Å². The lowest BCUT2D eigenvalue weighted by Gasteiger charge is -2.28. The van der Waals surface area contributed by atoms with Crippen LogP contribution in [-0.4, -0.2) is 39.7 Å². The Morgan fingerprint density at radius 1 is 1.05 bits per heavy atom. The minimum Gasteiger partial charge on any atom is -0.490 e. The zero-order valence-electron chi connectivity index (χ0n) is 21.8. The lowest BCUT2D eigenvalue weighted by molar-refractivity contribution is -0.139. The van der Waals surface area contributed by atoms with Gasteiger partial charge in [-0.15, -0.1) is 5.10 Å². The number of ether oxygens (including phenoxy) is 3. The second kappa shape index (κ2) is 12.7. The van der Waals surface area contributed by atoms with Crippen molar-refractivity contribution in [3.8, 4) is 11.5 Å². The van der Waals surface area contributed by atoms with Crippen molar-refractivity contribution in [2.75, 3.05) is 24.3 Å². The molecule has 9 heteroatoms. The van der Waals surface area contributed by atoms with Gasteiger partial charge in [-0.1, -0.05) is 61.5 Å². The number of carbonyl (C=O) groups is 1. The van der Waals surface area contributed by atoms with Crippen LogP contribution in [0.1, 0.15) is 57.7 Å². The number of benzene rings is 2. The molecule has 196 valence electrons. The number of nitrogens with zero attached hydrogens (tertiary/aromatic N) is 3. The molecule has 4 rings (SSSR count). The van der Waals surface area contributed by atoms with E-state index in [4.69, 9.17) is 19.3 Å². The van der Waals surface area contributed by atoms with Crippen molar-refractivity contribution >= 4 is 23.7 Å². The number of thioether (sulfide) groups is 1. The number of rotatable bonds is 12. The third-order valence-corrected chi connectivity index (χ3v) is 6.80. The summed E-state index contributed by atoms with van der Waals surface area (Å²) in [6, 6.07) is 15.2. The van der Waals surface area contributed by atoms with Crippen LogP contribution in [-0.2, 0) is 16.1 Å². The van der Waals surface area contributed by atoms with Crippen molar-refractivity contribution in [3.63, 3.8) is 0 Å². The highest BCUT2D eigenvalue weighted by atomic mass is 32.2. The smallest absolute Gasteiger partial charge is 0.338 e. The number of esters is 1. The molecular weight excluding hydrogens is 488 g/mol. The van der Waals surface area contributed by atoms with Crippen LogP contribution in [0.15, 0.2) is 65.0 Å². The second-order valence-electron chi connectivity index (χ2n) is 8.56. The van der Waals surface area contributed by atoms with Crippen molar-refractivity contribution in [1.29, 1.82) is 0 Å². The molecule has 0 fully saturated rings. The number of anilines is 1. The summed E-state index contributed by atoms with van der Waals surface area (Å²) < 4.78 is 19.3. The summed E-state index contributed by atoms with van der Waals surface area (Å²) in [7, 11) is 0. The Morgan fingerprint density at radius 2 is 1.86 bits per heavy atom. The summed E-state index contributed by atoms with van der Waals surface area (Å²) >= 11 is 1.61. The summed E-state index contributed by atoms with van der Waals surface area (Å²) in [4.78, 5) is 17.8. The minimum absolute atomic E-state index is 0.279. The molecule has 1 aliphatic heterocycles. The molecule has 3 aromatic rings.